The van der Waals surface area contributed by atoms with Crippen LogP contribution in [0.25, 0.3) is 0 Å². The number of likely N-dealkylation sites (N-methyl/N-ethyl adjacent to an activating group) is 1. The predicted molar refractivity (Wildman–Crippen MR) is 95.6 cm³/mol. The van der Waals surface area contributed by atoms with Gasteiger partial charge in [0.25, 0.3) is 5.91 Å². The summed E-state index contributed by atoms with van der Waals surface area (Å²) in [7, 11) is 1.57. The predicted octanol–water partition coefficient (Wildman–Crippen LogP) is 2.18. The Hall–Kier alpha value is -2.19. The Labute approximate surface area is 153 Å². The summed E-state index contributed by atoms with van der Waals surface area (Å²) in [5.41, 5.74) is 1.16. The van der Waals surface area contributed by atoms with Gasteiger partial charge in [0.1, 0.15) is 13.1 Å². The summed E-state index contributed by atoms with van der Waals surface area (Å²) in [5.74, 6) is -0.506. The van der Waals surface area contributed by atoms with E-state index in [2.05, 4.69) is 11.4 Å². The number of fused-ring (bicyclic) bond motifs is 1. The molecule has 0 N–H and O–H groups in total. The van der Waals surface area contributed by atoms with Gasteiger partial charge in [-0.15, -0.1) is 22.7 Å². The highest BCUT2D eigenvalue weighted by Crippen LogP contribution is 2.39. The fourth-order valence-corrected chi connectivity index (χ4v) is 5.15. The van der Waals surface area contributed by atoms with Crippen LogP contribution < -0.4 is 0 Å². The van der Waals surface area contributed by atoms with Crippen molar-refractivity contribution < 1.29 is 14.4 Å². The molecule has 1 unspecified atom stereocenters. The van der Waals surface area contributed by atoms with Gasteiger partial charge in [0.2, 0.25) is 5.91 Å². The zero-order chi connectivity index (χ0) is 17.6. The van der Waals surface area contributed by atoms with Crippen LogP contribution in [-0.2, 0) is 16.0 Å². The van der Waals surface area contributed by atoms with Crippen LogP contribution in [0.3, 0.4) is 0 Å². The highest BCUT2D eigenvalue weighted by molar-refractivity contribution is 7.10. The van der Waals surface area contributed by atoms with Crippen LogP contribution in [0, 0.1) is 0 Å². The van der Waals surface area contributed by atoms with Crippen molar-refractivity contribution in [2.24, 2.45) is 0 Å². The van der Waals surface area contributed by atoms with Crippen molar-refractivity contribution >= 4 is 40.5 Å². The molecule has 8 heteroatoms. The SMILES string of the molecule is CN1CC(=O)N(CC(=O)N2CCc3sccc3C2c2cccs2)C1=O. The van der Waals surface area contributed by atoms with Gasteiger partial charge >= 0.3 is 6.03 Å². The number of nitrogens with zero attached hydrogens (tertiary/aromatic N) is 3. The lowest BCUT2D eigenvalue weighted by molar-refractivity contribution is -0.138. The summed E-state index contributed by atoms with van der Waals surface area (Å²) in [4.78, 5) is 43.6. The van der Waals surface area contributed by atoms with E-state index in [0.29, 0.717) is 6.54 Å². The fraction of sp³-hybridized carbons (Fsp3) is 0.353. The molecular weight excluding hydrogens is 358 g/mol. The van der Waals surface area contributed by atoms with E-state index in [0.717, 1.165) is 21.8 Å². The molecule has 1 atom stereocenters. The first-order valence-electron chi connectivity index (χ1n) is 8.01. The number of thiophene rings is 2. The molecule has 2 aliphatic heterocycles. The third kappa shape index (κ3) is 2.75. The summed E-state index contributed by atoms with van der Waals surface area (Å²) in [6, 6.07) is 5.55. The van der Waals surface area contributed by atoms with Crippen molar-refractivity contribution in [1.29, 1.82) is 0 Å². The van der Waals surface area contributed by atoms with Crippen LogP contribution in [0.5, 0.6) is 0 Å². The van der Waals surface area contributed by atoms with Gasteiger partial charge in [-0.3, -0.25) is 14.5 Å². The standard InChI is InChI=1S/C17H17N3O3S2/c1-18-9-14(21)20(17(18)23)10-15(22)19-6-4-12-11(5-8-25-12)16(19)13-3-2-7-24-13/h2-3,5,7-8,16H,4,6,9-10H2,1H3. The van der Waals surface area contributed by atoms with Gasteiger partial charge in [-0.25, -0.2) is 4.79 Å². The van der Waals surface area contributed by atoms with Gasteiger partial charge in [0.15, 0.2) is 0 Å². The molecule has 2 aromatic heterocycles. The molecule has 25 heavy (non-hydrogen) atoms. The minimum Gasteiger partial charge on any atom is -0.329 e. The van der Waals surface area contributed by atoms with E-state index in [1.54, 1.807) is 34.6 Å². The first kappa shape index (κ1) is 16.3. The Morgan fingerprint density at radius 2 is 2.08 bits per heavy atom. The first-order chi connectivity index (χ1) is 12.1. The Bertz CT molecular complexity index is 830. The number of urea groups is 1. The second kappa shape index (κ2) is 6.27. The van der Waals surface area contributed by atoms with E-state index < -0.39 is 6.03 Å². The monoisotopic (exact) mass is 375 g/mol. The summed E-state index contributed by atoms with van der Waals surface area (Å²) < 4.78 is 0. The van der Waals surface area contributed by atoms with Crippen LogP contribution in [0.2, 0.25) is 0 Å². The van der Waals surface area contributed by atoms with Gasteiger partial charge < -0.3 is 9.80 Å². The second-order valence-electron chi connectivity index (χ2n) is 6.17. The minimum absolute atomic E-state index is 0.0369. The first-order valence-corrected chi connectivity index (χ1v) is 9.77. The quantitative estimate of drug-likeness (QED) is 0.773. The molecule has 4 heterocycles. The maximum Gasteiger partial charge on any atom is 0.327 e. The van der Waals surface area contributed by atoms with Gasteiger partial charge in [-0.1, -0.05) is 6.07 Å². The maximum absolute atomic E-state index is 13.0. The van der Waals surface area contributed by atoms with E-state index in [-0.39, 0.29) is 30.9 Å². The molecule has 0 saturated carbocycles. The van der Waals surface area contributed by atoms with Crippen LogP contribution in [0.1, 0.15) is 21.4 Å². The lowest BCUT2D eigenvalue weighted by Gasteiger charge is -2.36. The van der Waals surface area contributed by atoms with Crippen molar-refractivity contribution in [2.45, 2.75) is 12.5 Å². The highest BCUT2D eigenvalue weighted by atomic mass is 32.1. The molecule has 1 saturated heterocycles. The van der Waals surface area contributed by atoms with Crippen molar-refractivity contribution in [2.75, 3.05) is 26.7 Å². The Morgan fingerprint density at radius 3 is 2.76 bits per heavy atom. The Morgan fingerprint density at radius 1 is 1.24 bits per heavy atom. The number of imide groups is 1. The lowest BCUT2D eigenvalue weighted by atomic mass is 9.98. The smallest absolute Gasteiger partial charge is 0.327 e. The minimum atomic E-state index is -0.403. The number of hydrogen-bond donors (Lipinski definition) is 0. The highest BCUT2D eigenvalue weighted by Gasteiger charge is 2.39. The molecule has 2 aliphatic rings. The second-order valence-corrected chi connectivity index (χ2v) is 8.15. The zero-order valence-corrected chi connectivity index (χ0v) is 15.3. The van der Waals surface area contributed by atoms with Crippen LogP contribution in [0.4, 0.5) is 4.79 Å². The van der Waals surface area contributed by atoms with Crippen molar-refractivity contribution in [3.8, 4) is 0 Å². The Balaban J connectivity index is 1.61. The van der Waals surface area contributed by atoms with Crippen LogP contribution in [-0.4, -0.2) is 59.2 Å². The summed E-state index contributed by atoms with van der Waals surface area (Å²) >= 11 is 3.33. The van der Waals surface area contributed by atoms with E-state index in [1.165, 1.54) is 9.78 Å². The summed E-state index contributed by atoms with van der Waals surface area (Å²) in [6.45, 7) is 0.444. The zero-order valence-electron chi connectivity index (χ0n) is 13.7. The molecule has 0 aromatic carbocycles. The molecule has 2 aromatic rings. The van der Waals surface area contributed by atoms with E-state index in [4.69, 9.17) is 0 Å². The summed E-state index contributed by atoms with van der Waals surface area (Å²) in [6.07, 6.45) is 0.808. The van der Waals surface area contributed by atoms with E-state index >= 15 is 0 Å². The number of hydrogen-bond acceptors (Lipinski definition) is 5. The van der Waals surface area contributed by atoms with Crippen LogP contribution >= 0.6 is 22.7 Å². The Kier molecular flexibility index (Phi) is 4.09. The van der Waals surface area contributed by atoms with Gasteiger partial charge in [0.05, 0.1) is 6.04 Å². The molecule has 0 aliphatic carbocycles. The third-order valence-electron chi connectivity index (χ3n) is 4.62. The number of carbonyl (C=O) groups excluding carboxylic acids is 3. The average Bonchev–Trinajstić information content (AvgIpc) is 3.32. The topological polar surface area (TPSA) is 60.9 Å². The van der Waals surface area contributed by atoms with Crippen molar-refractivity contribution in [3.63, 3.8) is 0 Å². The van der Waals surface area contributed by atoms with E-state index in [9.17, 15) is 14.4 Å². The molecule has 130 valence electrons. The molecule has 0 spiro atoms. The van der Waals surface area contributed by atoms with Gasteiger partial charge in [0, 0.05) is 23.3 Å². The number of amides is 4. The maximum atomic E-state index is 13.0. The lowest BCUT2D eigenvalue weighted by Crippen LogP contribution is -2.46. The van der Waals surface area contributed by atoms with E-state index in [1.807, 2.05) is 17.5 Å². The molecule has 4 amide bonds. The molecule has 6 nitrogen and oxygen atoms in total. The van der Waals surface area contributed by atoms with Crippen molar-refractivity contribution in [3.05, 3.63) is 44.3 Å². The number of rotatable bonds is 3. The normalized spacial score (nSPS) is 20.4. The third-order valence-corrected chi connectivity index (χ3v) is 6.54. The van der Waals surface area contributed by atoms with Gasteiger partial charge in [-0.05, 0) is 34.9 Å². The number of carbonyl (C=O) groups is 3. The largest absolute Gasteiger partial charge is 0.329 e. The van der Waals surface area contributed by atoms with Crippen molar-refractivity contribution in [1.82, 2.24) is 14.7 Å². The molecular formula is C17H17N3O3S2. The molecule has 4 rings (SSSR count). The molecule has 0 radical (unpaired) electrons. The van der Waals surface area contributed by atoms with Crippen LogP contribution in [0.15, 0.2) is 29.0 Å². The summed E-state index contributed by atoms with van der Waals surface area (Å²) in [5, 5.41) is 4.06. The molecule has 1 fully saturated rings. The average molecular weight is 375 g/mol. The fourth-order valence-electron chi connectivity index (χ4n) is 3.39. The van der Waals surface area contributed by atoms with Gasteiger partial charge in [-0.2, -0.15) is 0 Å². The molecule has 0 bridgehead atoms.